The molecular weight excluding hydrogens is 246 g/mol. The maximum atomic E-state index is 10.1. The molecule has 2 N–H and O–H groups in total. The molecule has 1 aliphatic heterocycles. The van der Waals surface area contributed by atoms with Gasteiger partial charge in [0.2, 0.25) is 0 Å². The van der Waals surface area contributed by atoms with Crippen molar-refractivity contribution in [1.29, 1.82) is 0 Å². The fraction of sp³-hybridized carbons (Fsp3) is 0.667. The monoisotopic (exact) mass is 259 g/mol. The lowest BCUT2D eigenvalue weighted by atomic mass is 10.1. The van der Waals surface area contributed by atoms with E-state index in [0.717, 1.165) is 29.6 Å². The molecule has 4 nitrogen and oxygen atoms in total. The third-order valence-electron chi connectivity index (χ3n) is 2.70. The lowest BCUT2D eigenvalue weighted by Crippen LogP contribution is -2.30. The molecular formula is C9H14BrN3O. The minimum atomic E-state index is -0.473. The molecule has 0 aliphatic carbocycles. The zero-order chi connectivity index (χ0) is 10.1. The molecule has 14 heavy (non-hydrogen) atoms. The first-order valence-corrected chi connectivity index (χ1v) is 5.58. The Labute approximate surface area is 91.4 Å². The normalized spacial score (nSPS) is 24.1. The van der Waals surface area contributed by atoms with E-state index in [1.165, 1.54) is 0 Å². The molecule has 0 bridgehead atoms. The zero-order valence-corrected chi connectivity index (χ0v) is 9.66. The number of aliphatic hydroxyl groups excluding tert-OH is 1. The Hall–Kier alpha value is -0.390. The van der Waals surface area contributed by atoms with Gasteiger partial charge in [-0.3, -0.25) is 4.68 Å². The first kappa shape index (κ1) is 10.1. The summed E-state index contributed by atoms with van der Waals surface area (Å²) in [5.41, 5.74) is 0.851. The van der Waals surface area contributed by atoms with E-state index in [4.69, 9.17) is 0 Å². The third kappa shape index (κ3) is 1.71. The van der Waals surface area contributed by atoms with Crippen molar-refractivity contribution in [2.45, 2.75) is 25.0 Å². The molecule has 1 fully saturated rings. The van der Waals surface area contributed by atoms with Gasteiger partial charge in [-0.2, -0.15) is 5.10 Å². The van der Waals surface area contributed by atoms with Crippen LogP contribution < -0.4 is 5.32 Å². The van der Waals surface area contributed by atoms with Gasteiger partial charge in [0.15, 0.2) is 0 Å². The molecule has 5 heteroatoms. The molecule has 2 atom stereocenters. The van der Waals surface area contributed by atoms with Crippen molar-refractivity contribution < 1.29 is 5.11 Å². The molecule has 1 aromatic heterocycles. The first-order chi connectivity index (χ1) is 6.70. The molecule has 1 aliphatic rings. The number of aryl methyl sites for hydroxylation is 1. The summed E-state index contributed by atoms with van der Waals surface area (Å²) in [6, 6.07) is 0.168. The second-order valence-electron chi connectivity index (χ2n) is 3.65. The van der Waals surface area contributed by atoms with Crippen LogP contribution in [-0.4, -0.2) is 27.5 Å². The molecule has 0 aromatic carbocycles. The Kier molecular flexibility index (Phi) is 2.90. The number of aliphatic hydroxyl groups is 1. The summed E-state index contributed by atoms with van der Waals surface area (Å²) in [5.74, 6) is 0. The molecule has 0 amide bonds. The van der Waals surface area contributed by atoms with E-state index in [1.807, 2.05) is 7.05 Å². The number of rotatable bonds is 2. The molecule has 2 unspecified atom stereocenters. The molecule has 0 radical (unpaired) electrons. The zero-order valence-electron chi connectivity index (χ0n) is 8.07. The minimum Gasteiger partial charge on any atom is -0.385 e. The standard InChI is InChI=1S/C9H14BrN3O/c1-13-8(6(10)5-12-13)9(14)7-3-2-4-11-7/h5,7,9,11,14H,2-4H2,1H3. The van der Waals surface area contributed by atoms with Gasteiger partial charge in [-0.15, -0.1) is 0 Å². The highest BCUT2D eigenvalue weighted by atomic mass is 79.9. The van der Waals surface area contributed by atoms with Crippen LogP contribution in [0.2, 0.25) is 0 Å². The molecule has 0 saturated carbocycles. The van der Waals surface area contributed by atoms with Crippen LogP contribution in [0.5, 0.6) is 0 Å². The number of aromatic nitrogens is 2. The highest BCUT2D eigenvalue weighted by Crippen LogP contribution is 2.28. The first-order valence-electron chi connectivity index (χ1n) is 4.79. The average molecular weight is 260 g/mol. The molecule has 78 valence electrons. The van der Waals surface area contributed by atoms with Crippen molar-refractivity contribution in [3.05, 3.63) is 16.4 Å². The van der Waals surface area contributed by atoms with Gasteiger partial charge < -0.3 is 10.4 Å². The second kappa shape index (κ2) is 4.00. The van der Waals surface area contributed by atoms with Crippen molar-refractivity contribution in [2.24, 2.45) is 7.05 Å². The van der Waals surface area contributed by atoms with Gasteiger partial charge in [-0.05, 0) is 35.3 Å². The number of nitrogens with one attached hydrogen (secondary N) is 1. The van der Waals surface area contributed by atoms with Crippen LogP contribution in [-0.2, 0) is 7.05 Å². The Balaban J connectivity index is 2.21. The maximum absolute atomic E-state index is 10.1. The van der Waals surface area contributed by atoms with Crippen LogP contribution in [0, 0.1) is 0 Å². The quantitative estimate of drug-likeness (QED) is 0.833. The molecule has 1 aromatic rings. The highest BCUT2D eigenvalue weighted by molar-refractivity contribution is 9.10. The van der Waals surface area contributed by atoms with E-state index < -0.39 is 6.10 Å². The fourth-order valence-electron chi connectivity index (χ4n) is 1.92. The summed E-state index contributed by atoms with van der Waals surface area (Å²) < 4.78 is 2.59. The summed E-state index contributed by atoms with van der Waals surface area (Å²) in [6.45, 7) is 0.997. The van der Waals surface area contributed by atoms with Crippen molar-refractivity contribution in [2.75, 3.05) is 6.54 Å². The van der Waals surface area contributed by atoms with Gasteiger partial charge >= 0.3 is 0 Å². The molecule has 0 spiro atoms. The lowest BCUT2D eigenvalue weighted by Gasteiger charge is -2.18. The largest absolute Gasteiger partial charge is 0.385 e. The van der Waals surface area contributed by atoms with Crippen LogP contribution in [0.25, 0.3) is 0 Å². The van der Waals surface area contributed by atoms with E-state index in [-0.39, 0.29) is 6.04 Å². The number of halogens is 1. The summed E-state index contributed by atoms with van der Waals surface area (Å²) in [5, 5.41) is 17.5. The van der Waals surface area contributed by atoms with Crippen LogP contribution in [0.1, 0.15) is 24.6 Å². The van der Waals surface area contributed by atoms with E-state index in [9.17, 15) is 5.11 Å². The van der Waals surface area contributed by atoms with Gasteiger partial charge in [0.25, 0.3) is 0 Å². The predicted molar refractivity (Wildman–Crippen MR) is 56.9 cm³/mol. The number of hydrogen-bond donors (Lipinski definition) is 2. The van der Waals surface area contributed by atoms with Gasteiger partial charge in [0, 0.05) is 13.1 Å². The molecule has 2 heterocycles. The van der Waals surface area contributed by atoms with Gasteiger partial charge in [-0.25, -0.2) is 0 Å². The SMILES string of the molecule is Cn1ncc(Br)c1C(O)C1CCCN1. The maximum Gasteiger partial charge on any atom is 0.112 e. The van der Waals surface area contributed by atoms with Gasteiger partial charge in [0.1, 0.15) is 6.10 Å². The Morgan fingerprint density at radius 2 is 2.57 bits per heavy atom. The number of hydrogen-bond acceptors (Lipinski definition) is 3. The van der Waals surface area contributed by atoms with Crippen LogP contribution in [0.15, 0.2) is 10.7 Å². The van der Waals surface area contributed by atoms with Crippen LogP contribution >= 0.6 is 15.9 Å². The van der Waals surface area contributed by atoms with Crippen LogP contribution in [0.4, 0.5) is 0 Å². The average Bonchev–Trinajstić information content (AvgIpc) is 2.75. The predicted octanol–water partition coefficient (Wildman–Crippen LogP) is 0.968. The van der Waals surface area contributed by atoms with Crippen molar-refractivity contribution in [3.8, 4) is 0 Å². The fourth-order valence-corrected chi connectivity index (χ4v) is 2.51. The summed E-state index contributed by atoms with van der Waals surface area (Å²) in [4.78, 5) is 0. The number of nitrogens with zero attached hydrogens (tertiary/aromatic N) is 2. The smallest absolute Gasteiger partial charge is 0.112 e. The molecule has 1 saturated heterocycles. The lowest BCUT2D eigenvalue weighted by molar-refractivity contribution is 0.128. The van der Waals surface area contributed by atoms with Crippen molar-refractivity contribution in [1.82, 2.24) is 15.1 Å². The summed E-state index contributed by atoms with van der Waals surface area (Å²) in [6.07, 6.45) is 3.41. The Morgan fingerprint density at radius 3 is 3.07 bits per heavy atom. The van der Waals surface area contributed by atoms with E-state index in [2.05, 4.69) is 26.3 Å². The van der Waals surface area contributed by atoms with Crippen molar-refractivity contribution >= 4 is 15.9 Å². The Morgan fingerprint density at radius 1 is 1.79 bits per heavy atom. The Bertz CT molecular complexity index is 300. The second-order valence-corrected chi connectivity index (χ2v) is 4.50. The van der Waals surface area contributed by atoms with E-state index in [0.29, 0.717) is 0 Å². The van der Waals surface area contributed by atoms with Gasteiger partial charge in [-0.1, -0.05) is 0 Å². The minimum absolute atomic E-state index is 0.168. The van der Waals surface area contributed by atoms with Crippen LogP contribution in [0.3, 0.4) is 0 Å². The van der Waals surface area contributed by atoms with Gasteiger partial charge in [0.05, 0.1) is 16.4 Å². The summed E-state index contributed by atoms with van der Waals surface area (Å²) >= 11 is 3.39. The highest BCUT2D eigenvalue weighted by Gasteiger charge is 2.27. The van der Waals surface area contributed by atoms with Crippen molar-refractivity contribution in [3.63, 3.8) is 0 Å². The van der Waals surface area contributed by atoms with E-state index in [1.54, 1.807) is 10.9 Å². The van der Waals surface area contributed by atoms with E-state index >= 15 is 0 Å². The summed E-state index contributed by atoms with van der Waals surface area (Å²) in [7, 11) is 1.85. The molecule has 2 rings (SSSR count). The topological polar surface area (TPSA) is 50.1 Å². The third-order valence-corrected chi connectivity index (χ3v) is 3.31.